The van der Waals surface area contributed by atoms with Crippen molar-refractivity contribution in [2.45, 2.75) is 6.43 Å². The highest BCUT2D eigenvalue weighted by molar-refractivity contribution is 5.67. The van der Waals surface area contributed by atoms with Crippen LogP contribution in [0.25, 0.3) is 0 Å². The summed E-state index contributed by atoms with van der Waals surface area (Å²) in [6.45, 7) is 0. The summed E-state index contributed by atoms with van der Waals surface area (Å²) in [5.41, 5.74) is 3.58. The summed E-state index contributed by atoms with van der Waals surface area (Å²) in [7, 11) is 1.09. The van der Waals surface area contributed by atoms with Crippen molar-refractivity contribution in [3.63, 3.8) is 0 Å². The Hall–Kier alpha value is -1.99. The minimum absolute atomic E-state index is 0.451. The molecule has 0 aromatic carbocycles. The number of anilines is 1. The molecule has 0 radical (unpaired) electrons. The third kappa shape index (κ3) is 1.92. The van der Waals surface area contributed by atoms with E-state index in [9.17, 15) is 18.9 Å². The predicted octanol–water partition coefficient (Wildman–Crippen LogP) is 1.52. The van der Waals surface area contributed by atoms with Crippen molar-refractivity contribution in [3.05, 3.63) is 22.0 Å². The number of nitrogens with two attached hydrogens (primary N) is 1. The van der Waals surface area contributed by atoms with Gasteiger partial charge in [-0.3, -0.25) is 10.1 Å². The Morgan fingerprint density at radius 2 is 2.27 bits per heavy atom. The average molecular weight is 219 g/mol. The zero-order valence-electron chi connectivity index (χ0n) is 7.61. The predicted molar refractivity (Wildman–Crippen MR) is 46.8 cm³/mol. The van der Waals surface area contributed by atoms with Crippen molar-refractivity contribution in [2.24, 2.45) is 0 Å². The van der Waals surface area contributed by atoms with E-state index in [1.165, 1.54) is 0 Å². The fourth-order valence-electron chi connectivity index (χ4n) is 1.03. The van der Waals surface area contributed by atoms with E-state index in [-0.39, 0.29) is 0 Å². The molecule has 1 aromatic rings. The van der Waals surface area contributed by atoms with Crippen LogP contribution >= 0.6 is 0 Å². The number of nitrogens with zero attached hydrogens (tertiary/aromatic N) is 2. The molecule has 0 amide bonds. The third-order valence-electron chi connectivity index (χ3n) is 1.69. The number of hydrogen-bond donors (Lipinski definition) is 1. The van der Waals surface area contributed by atoms with Crippen LogP contribution in [0.4, 0.5) is 20.2 Å². The van der Waals surface area contributed by atoms with Crippen molar-refractivity contribution in [1.29, 1.82) is 0 Å². The van der Waals surface area contributed by atoms with Crippen molar-refractivity contribution < 1.29 is 18.4 Å². The summed E-state index contributed by atoms with van der Waals surface area (Å²) in [6, 6.07) is 0. The first kappa shape index (κ1) is 11.1. The van der Waals surface area contributed by atoms with Gasteiger partial charge in [0.1, 0.15) is 6.20 Å². The largest absolute Gasteiger partial charge is 0.492 e. The van der Waals surface area contributed by atoms with Gasteiger partial charge in [0.2, 0.25) is 0 Å². The van der Waals surface area contributed by atoms with Crippen LogP contribution in [0, 0.1) is 10.1 Å². The van der Waals surface area contributed by atoms with Gasteiger partial charge >= 0.3 is 5.69 Å². The lowest BCUT2D eigenvalue weighted by atomic mass is 10.2. The quantitative estimate of drug-likeness (QED) is 0.614. The standard InChI is InChI=1S/C7H7F2N3O3/c1-15-6-4(10)3(12(13)14)2-11-5(6)7(8)9/h2,7H,1H3,(H2,10,11). The highest BCUT2D eigenvalue weighted by atomic mass is 19.3. The molecule has 8 heteroatoms. The SMILES string of the molecule is COc1c(C(F)F)ncc([N+](=O)[O-])c1N. The smallest absolute Gasteiger partial charge is 0.314 e. The number of pyridine rings is 1. The second-order valence-electron chi connectivity index (χ2n) is 2.53. The first-order chi connectivity index (χ1) is 6.99. The molecule has 82 valence electrons. The van der Waals surface area contributed by atoms with E-state index in [1.54, 1.807) is 0 Å². The molecule has 0 fully saturated rings. The van der Waals surface area contributed by atoms with Crippen LogP contribution in [0.5, 0.6) is 5.75 Å². The normalized spacial score (nSPS) is 10.4. The number of halogens is 2. The van der Waals surface area contributed by atoms with Gasteiger partial charge in [0.15, 0.2) is 17.1 Å². The lowest BCUT2D eigenvalue weighted by molar-refractivity contribution is -0.384. The van der Waals surface area contributed by atoms with Gasteiger partial charge in [-0.2, -0.15) is 0 Å². The van der Waals surface area contributed by atoms with Gasteiger partial charge in [0.05, 0.1) is 12.0 Å². The van der Waals surface area contributed by atoms with Crippen LogP contribution < -0.4 is 10.5 Å². The Labute approximate surface area is 82.8 Å². The molecule has 1 heterocycles. The minimum Gasteiger partial charge on any atom is -0.492 e. The maximum Gasteiger partial charge on any atom is 0.314 e. The van der Waals surface area contributed by atoms with Gasteiger partial charge in [-0.1, -0.05) is 0 Å². The fourth-order valence-corrected chi connectivity index (χ4v) is 1.03. The van der Waals surface area contributed by atoms with Crippen molar-refractivity contribution in [1.82, 2.24) is 4.98 Å². The molecule has 2 N–H and O–H groups in total. The zero-order valence-corrected chi connectivity index (χ0v) is 7.61. The Morgan fingerprint density at radius 1 is 1.67 bits per heavy atom. The summed E-state index contributed by atoms with van der Waals surface area (Å²) < 4.78 is 29.3. The van der Waals surface area contributed by atoms with Crippen LogP contribution in [-0.4, -0.2) is 17.0 Å². The molecule has 0 unspecified atom stereocenters. The number of aromatic nitrogens is 1. The van der Waals surface area contributed by atoms with Gasteiger partial charge < -0.3 is 10.5 Å². The van der Waals surface area contributed by atoms with E-state index >= 15 is 0 Å². The lowest BCUT2D eigenvalue weighted by Crippen LogP contribution is -2.04. The van der Waals surface area contributed by atoms with Crippen LogP contribution in [0.1, 0.15) is 12.1 Å². The molecule has 0 saturated carbocycles. The molecule has 0 atom stereocenters. The maximum atomic E-state index is 12.4. The highest BCUT2D eigenvalue weighted by Gasteiger charge is 2.24. The molecule has 15 heavy (non-hydrogen) atoms. The third-order valence-corrected chi connectivity index (χ3v) is 1.69. The van der Waals surface area contributed by atoms with Gasteiger partial charge in [0.25, 0.3) is 6.43 Å². The lowest BCUT2D eigenvalue weighted by Gasteiger charge is -2.08. The first-order valence-corrected chi connectivity index (χ1v) is 3.74. The fraction of sp³-hybridized carbons (Fsp3) is 0.286. The maximum absolute atomic E-state index is 12.4. The summed E-state index contributed by atoms with van der Waals surface area (Å²) in [4.78, 5) is 12.8. The van der Waals surface area contributed by atoms with Crippen LogP contribution in [-0.2, 0) is 0 Å². The van der Waals surface area contributed by atoms with E-state index in [2.05, 4.69) is 9.72 Å². The number of alkyl halides is 2. The van der Waals surface area contributed by atoms with E-state index in [0.717, 1.165) is 7.11 Å². The number of methoxy groups -OCH3 is 1. The second kappa shape index (κ2) is 4.03. The van der Waals surface area contributed by atoms with E-state index in [1.807, 2.05) is 0 Å². The second-order valence-corrected chi connectivity index (χ2v) is 2.53. The molecule has 0 aliphatic rings. The Morgan fingerprint density at radius 3 is 2.67 bits per heavy atom. The van der Waals surface area contributed by atoms with Crippen LogP contribution in [0.15, 0.2) is 6.20 Å². The molecule has 0 bridgehead atoms. The molecule has 0 saturated heterocycles. The molecular formula is C7H7F2N3O3. The molecule has 1 aromatic heterocycles. The molecule has 0 spiro atoms. The number of nitro groups is 1. The molecular weight excluding hydrogens is 212 g/mol. The van der Waals surface area contributed by atoms with Gasteiger partial charge in [-0.05, 0) is 0 Å². The molecule has 6 nitrogen and oxygen atoms in total. The number of nitrogen functional groups attached to an aromatic ring is 1. The molecule has 0 aliphatic carbocycles. The van der Waals surface area contributed by atoms with Crippen molar-refractivity contribution in [2.75, 3.05) is 12.8 Å². The average Bonchev–Trinajstić information content (AvgIpc) is 2.16. The minimum atomic E-state index is -2.90. The number of rotatable bonds is 3. The van der Waals surface area contributed by atoms with Crippen LogP contribution in [0.3, 0.4) is 0 Å². The molecule has 1 rings (SSSR count). The van der Waals surface area contributed by atoms with Crippen LogP contribution in [0.2, 0.25) is 0 Å². The summed E-state index contributed by atoms with van der Waals surface area (Å²) in [5.74, 6) is -0.459. The van der Waals surface area contributed by atoms with Gasteiger partial charge in [-0.25, -0.2) is 13.8 Å². The first-order valence-electron chi connectivity index (χ1n) is 3.74. The van der Waals surface area contributed by atoms with E-state index in [4.69, 9.17) is 5.73 Å². The summed E-state index contributed by atoms with van der Waals surface area (Å²) in [5, 5.41) is 10.4. The Kier molecular flexibility index (Phi) is 2.98. The van der Waals surface area contributed by atoms with Gasteiger partial charge in [0, 0.05) is 0 Å². The number of ether oxygens (including phenoxy) is 1. The van der Waals surface area contributed by atoms with Crippen molar-refractivity contribution >= 4 is 11.4 Å². The summed E-state index contributed by atoms with van der Waals surface area (Å²) in [6.07, 6.45) is -2.22. The number of hydrogen-bond acceptors (Lipinski definition) is 5. The van der Waals surface area contributed by atoms with E-state index < -0.39 is 34.2 Å². The monoisotopic (exact) mass is 219 g/mol. The van der Waals surface area contributed by atoms with Gasteiger partial charge in [-0.15, -0.1) is 0 Å². The highest BCUT2D eigenvalue weighted by Crippen LogP contribution is 2.37. The Balaban J connectivity index is 3.39. The van der Waals surface area contributed by atoms with Crippen molar-refractivity contribution in [3.8, 4) is 5.75 Å². The summed E-state index contributed by atoms with van der Waals surface area (Å²) >= 11 is 0. The Bertz CT molecular complexity index is 397. The van der Waals surface area contributed by atoms with E-state index in [0.29, 0.717) is 6.20 Å². The topological polar surface area (TPSA) is 91.3 Å². The zero-order chi connectivity index (χ0) is 11.6. The molecule has 0 aliphatic heterocycles.